The summed E-state index contributed by atoms with van der Waals surface area (Å²) < 4.78 is 39.2. The summed E-state index contributed by atoms with van der Waals surface area (Å²) in [5, 5.41) is 43.3. The quantitative estimate of drug-likeness (QED) is 0.353. The fraction of sp³-hybridized carbons (Fsp3) is 0.458. The van der Waals surface area contributed by atoms with Crippen molar-refractivity contribution in [1.82, 2.24) is 0 Å². The first kappa shape index (κ1) is 27.5. The Labute approximate surface area is 217 Å². The summed E-state index contributed by atoms with van der Waals surface area (Å²) in [5.41, 5.74) is -1.52. The van der Waals surface area contributed by atoms with Crippen molar-refractivity contribution in [3.8, 4) is 23.0 Å². The molecule has 0 unspecified atom stereocenters. The number of hydrogen-bond acceptors (Lipinski definition) is 14. The van der Waals surface area contributed by atoms with Gasteiger partial charge in [-0.2, -0.15) is 0 Å². The van der Waals surface area contributed by atoms with Gasteiger partial charge in [0, 0.05) is 30.2 Å². The van der Waals surface area contributed by atoms with E-state index < -0.39 is 29.7 Å². The third-order valence-corrected chi connectivity index (χ3v) is 6.77. The number of anilines is 2. The fourth-order valence-electron chi connectivity index (χ4n) is 5.16. The Kier molecular flexibility index (Phi) is 7.73. The van der Waals surface area contributed by atoms with Crippen molar-refractivity contribution in [3.63, 3.8) is 0 Å². The molecule has 0 bridgehead atoms. The van der Waals surface area contributed by atoms with Gasteiger partial charge in [-0.25, -0.2) is 0 Å². The molecule has 0 radical (unpaired) electrons. The third kappa shape index (κ3) is 4.51. The minimum atomic E-state index is -1.49. The van der Waals surface area contributed by atoms with Crippen LogP contribution in [0, 0.1) is 16.3 Å². The van der Waals surface area contributed by atoms with Crippen molar-refractivity contribution in [1.29, 1.82) is 0 Å². The predicted molar refractivity (Wildman–Crippen MR) is 130 cm³/mol. The Morgan fingerprint density at radius 2 is 1.34 bits per heavy atom. The van der Waals surface area contributed by atoms with Crippen molar-refractivity contribution in [2.45, 2.75) is 24.7 Å². The van der Waals surface area contributed by atoms with Crippen LogP contribution in [0.15, 0.2) is 24.3 Å². The van der Waals surface area contributed by atoms with E-state index >= 15 is 0 Å². The monoisotopic (exact) mass is 536 g/mol. The molecule has 0 spiro atoms. The van der Waals surface area contributed by atoms with Crippen LogP contribution in [0.3, 0.4) is 0 Å². The Morgan fingerprint density at radius 1 is 0.868 bits per heavy atom. The molecule has 0 saturated carbocycles. The van der Waals surface area contributed by atoms with Gasteiger partial charge in [0.05, 0.1) is 65.0 Å². The van der Waals surface area contributed by atoms with Crippen LogP contribution in [0.5, 0.6) is 23.0 Å². The van der Waals surface area contributed by atoms with Gasteiger partial charge in [0.2, 0.25) is 0 Å². The maximum atomic E-state index is 12.3. The van der Waals surface area contributed by atoms with E-state index in [0.717, 1.165) is 0 Å². The van der Waals surface area contributed by atoms with E-state index in [1.165, 1.54) is 59.6 Å². The molecule has 14 nitrogen and oxygen atoms in total. The first-order valence-electron chi connectivity index (χ1n) is 11.4. The van der Waals surface area contributed by atoms with Gasteiger partial charge in [-0.05, 0) is 12.1 Å². The maximum absolute atomic E-state index is 12.3. The van der Waals surface area contributed by atoms with Gasteiger partial charge in [-0.15, -0.1) is 0 Å². The molecule has 4 atom stereocenters. The van der Waals surface area contributed by atoms with Crippen molar-refractivity contribution in [2.24, 2.45) is 5.92 Å². The summed E-state index contributed by atoms with van der Waals surface area (Å²) in [6.45, 7) is 0.965. The van der Waals surface area contributed by atoms with E-state index in [1.54, 1.807) is 0 Å². The molecule has 2 aliphatic rings. The zero-order valence-electron chi connectivity index (χ0n) is 21.3. The number of benzene rings is 2. The second-order valence-electron chi connectivity index (χ2n) is 8.68. The summed E-state index contributed by atoms with van der Waals surface area (Å²) in [4.78, 5) is 12.3. The number of rotatable bonds is 9. The molecule has 0 amide bonds. The van der Waals surface area contributed by atoms with E-state index in [9.17, 15) is 25.6 Å². The average molecular weight is 536 g/mol. The van der Waals surface area contributed by atoms with E-state index in [1.807, 2.05) is 0 Å². The highest BCUT2D eigenvalue weighted by Crippen LogP contribution is 2.58. The second kappa shape index (κ2) is 10.7. The third-order valence-electron chi connectivity index (χ3n) is 6.77. The minimum absolute atomic E-state index is 0.0429. The Balaban J connectivity index is 1.86. The molecule has 2 saturated heterocycles. The number of carbonyl (C=O) groups excluding carboxylic acids is 1. The molecule has 0 aliphatic carbocycles. The minimum Gasteiger partial charge on any atom is -0.733 e. The molecule has 2 aromatic carbocycles. The SMILES string of the molecule is COc1cc([C@H]2OC[C@@H]3[C@H](c4cc(OC)c(OC)cc4N([O-])O)OC[C@]23OC(C)=O)c(N([O-])O)cc1OC. The smallest absolute Gasteiger partial charge is 0.303 e. The lowest BCUT2D eigenvalue weighted by atomic mass is 9.79. The van der Waals surface area contributed by atoms with E-state index in [0.29, 0.717) is 0 Å². The van der Waals surface area contributed by atoms with Crippen LogP contribution in [0.1, 0.15) is 30.3 Å². The number of carbonyl (C=O) groups is 1. The van der Waals surface area contributed by atoms with Gasteiger partial charge in [0.15, 0.2) is 28.6 Å². The first-order chi connectivity index (χ1) is 18.1. The Bertz CT molecular complexity index is 1190. The van der Waals surface area contributed by atoms with Crippen LogP contribution in [-0.4, -0.2) is 63.6 Å². The van der Waals surface area contributed by atoms with E-state index in [2.05, 4.69) is 0 Å². The lowest BCUT2D eigenvalue weighted by Gasteiger charge is -2.35. The molecular formula is C24H28N2O12-2. The molecule has 208 valence electrons. The predicted octanol–water partition coefficient (Wildman–Crippen LogP) is 2.87. The number of esters is 1. The van der Waals surface area contributed by atoms with Gasteiger partial charge in [-0.1, -0.05) is 0 Å². The van der Waals surface area contributed by atoms with Crippen LogP contribution in [-0.2, 0) is 19.0 Å². The number of methoxy groups -OCH3 is 4. The van der Waals surface area contributed by atoms with Gasteiger partial charge in [0.25, 0.3) is 0 Å². The van der Waals surface area contributed by atoms with Crippen LogP contribution in [0.4, 0.5) is 11.4 Å². The molecule has 2 aliphatic heterocycles. The molecular weight excluding hydrogens is 508 g/mol. The average Bonchev–Trinajstić information content (AvgIpc) is 3.42. The van der Waals surface area contributed by atoms with Crippen LogP contribution in [0.25, 0.3) is 0 Å². The van der Waals surface area contributed by atoms with Gasteiger partial charge in [-0.3, -0.25) is 15.2 Å². The summed E-state index contributed by atoms with van der Waals surface area (Å²) in [6.07, 6.45) is -2.01. The van der Waals surface area contributed by atoms with Crippen LogP contribution >= 0.6 is 0 Å². The standard InChI is InChI=1S/C24H28N2O12/c1-12(27)38-24-11-37-22(13-6-18(32-2)20(34-4)8-16(13)25(28)29)15(24)10-36-23(24)14-7-19(33-3)21(35-5)9-17(14)26(30)31/h6-9,15,22-23,28,30H,10-11H2,1-5H3/q-2/t15-,22+,23-,24-/m1/s1. The number of nitrogens with zero attached hydrogens (tertiary/aromatic N) is 2. The highest BCUT2D eigenvalue weighted by atomic mass is 16.8. The van der Waals surface area contributed by atoms with E-state index in [4.69, 9.17) is 33.2 Å². The van der Waals surface area contributed by atoms with Gasteiger partial charge in [0.1, 0.15) is 6.10 Å². The topological polar surface area (TPSA) is 175 Å². The first-order valence-corrected chi connectivity index (χ1v) is 11.4. The molecule has 38 heavy (non-hydrogen) atoms. The van der Waals surface area contributed by atoms with Gasteiger partial charge < -0.3 is 54.0 Å². The second-order valence-corrected chi connectivity index (χ2v) is 8.68. The summed E-state index contributed by atoms with van der Waals surface area (Å²) in [6, 6.07) is 5.47. The molecule has 0 aromatic heterocycles. The normalized spacial score (nSPS) is 24.0. The number of hydrogen-bond donors (Lipinski definition) is 2. The largest absolute Gasteiger partial charge is 0.733 e. The van der Waals surface area contributed by atoms with Crippen molar-refractivity contribution < 1.29 is 48.4 Å². The van der Waals surface area contributed by atoms with Gasteiger partial charge >= 0.3 is 5.97 Å². The zero-order chi connectivity index (χ0) is 27.8. The van der Waals surface area contributed by atoms with Crippen LogP contribution in [0.2, 0.25) is 0 Å². The molecule has 2 N–H and O–H groups in total. The maximum Gasteiger partial charge on any atom is 0.303 e. The van der Waals surface area contributed by atoms with Crippen molar-refractivity contribution in [2.75, 3.05) is 52.1 Å². The highest BCUT2D eigenvalue weighted by molar-refractivity contribution is 5.68. The van der Waals surface area contributed by atoms with E-state index in [-0.39, 0.29) is 69.2 Å². The van der Waals surface area contributed by atoms with Crippen LogP contribution < -0.4 is 29.4 Å². The molecule has 14 heteroatoms. The molecule has 4 rings (SSSR count). The number of ether oxygens (including phenoxy) is 7. The highest BCUT2D eigenvalue weighted by Gasteiger charge is 2.63. The lowest BCUT2D eigenvalue weighted by Crippen LogP contribution is -2.44. The molecule has 2 aromatic rings. The zero-order valence-corrected chi connectivity index (χ0v) is 21.3. The summed E-state index contributed by atoms with van der Waals surface area (Å²) in [5.74, 6) is -0.502. The summed E-state index contributed by atoms with van der Waals surface area (Å²) >= 11 is 0. The van der Waals surface area contributed by atoms with Crippen molar-refractivity contribution >= 4 is 17.3 Å². The summed E-state index contributed by atoms with van der Waals surface area (Å²) in [7, 11) is 5.55. The Hall–Kier alpha value is -3.53. The Morgan fingerprint density at radius 3 is 1.82 bits per heavy atom. The molecule has 2 heterocycles. The number of fused-ring (bicyclic) bond motifs is 1. The lowest BCUT2D eigenvalue weighted by molar-refractivity contribution is -0.167. The molecule has 2 fully saturated rings. The fourth-order valence-corrected chi connectivity index (χ4v) is 5.16. The van der Waals surface area contributed by atoms with Crippen molar-refractivity contribution in [3.05, 3.63) is 45.8 Å².